The number of carbonyl (C=O) groups is 1. The number of benzene rings is 1. The Balaban J connectivity index is 1.70. The van der Waals surface area contributed by atoms with E-state index >= 15 is 0 Å². The predicted octanol–water partition coefficient (Wildman–Crippen LogP) is 3.72. The Morgan fingerprint density at radius 3 is 2.70 bits per heavy atom. The van der Waals surface area contributed by atoms with Gasteiger partial charge in [0.15, 0.2) is 0 Å². The Morgan fingerprint density at radius 1 is 1.30 bits per heavy atom. The van der Waals surface area contributed by atoms with E-state index in [0.29, 0.717) is 21.0 Å². The third kappa shape index (κ3) is 3.40. The third-order valence-electron chi connectivity index (χ3n) is 3.30. The van der Waals surface area contributed by atoms with Crippen LogP contribution < -0.4 is 5.32 Å². The largest absolute Gasteiger partial charge is 0.347 e. The van der Waals surface area contributed by atoms with Gasteiger partial charge in [0.2, 0.25) is 0 Å². The number of halogens is 4. The van der Waals surface area contributed by atoms with Crippen molar-refractivity contribution in [3.63, 3.8) is 0 Å². The maximum atomic E-state index is 13.7. The number of pyridine rings is 1. The van der Waals surface area contributed by atoms with E-state index in [4.69, 9.17) is 11.6 Å². The molecule has 8 heteroatoms. The van der Waals surface area contributed by atoms with E-state index in [2.05, 4.69) is 31.2 Å². The predicted molar refractivity (Wildman–Crippen MR) is 86.0 cm³/mol. The van der Waals surface area contributed by atoms with Gasteiger partial charge in [0.05, 0.1) is 11.4 Å². The van der Waals surface area contributed by atoms with Crippen LogP contribution in [0.3, 0.4) is 0 Å². The second-order valence-corrected chi connectivity index (χ2v) is 6.17. The van der Waals surface area contributed by atoms with Gasteiger partial charge >= 0.3 is 0 Å². The lowest BCUT2D eigenvalue weighted by molar-refractivity contribution is -0.115. The van der Waals surface area contributed by atoms with E-state index in [1.54, 1.807) is 12.1 Å². The highest BCUT2D eigenvalue weighted by Crippen LogP contribution is 2.26. The van der Waals surface area contributed by atoms with Crippen molar-refractivity contribution in [1.82, 2.24) is 10.3 Å². The average molecular weight is 401 g/mol. The molecule has 0 saturated heterocycles. The van der Waals surface area contributed by atoms with Crippen LogP contribution in [0.15, 0.2) is 33.7 Å². The first-order valence-electron chi connectivity index (χ1n) is 6.58. The van der Waals surface area contributed by atoms with E-state index in [1.807, 2.05) is 0 Å². The van der Waals surface area contributed by atoms with Gasteiger partial charge in [-0.15, -0.1) is 0 Å². The first kappa shape index (κ1) is 16.0. The summed E-state index contributed by atoms with van der Waals surface area (Å²) in [6, 6.07) is 5.52. The summed E-state index contributed by atoms with van der Waals surface area (Å²) in [5.41, 5.74) is 1.19. The van der Waals surface area contributed by atoms with Crippen molar-refractivity contribution in [3.05, 3.63) is 56.8 Å². The number of nitrogens with zero attached hydrogens (tertiary/aromatic N) is 2. The van der Waals surface area contributed by atoms with Gasteiger partial charge in [-0.25, -0.2) is 18.8 Å². The first-order chi connectivity index (χ1) is 10.9. The molecule has 0 unspecified atom stereocenters. The van der Waals surface area contributed by atoms with Gasteiger partial charge in [-0.05, 0) is 24.3 Å². The molecule has 1 aromatic carbocycles. The van der Waals surface area contributed by atoms with Gasteiger partial charge in [0.25, 0.3) is 5.91 Å². The number of aromatic nitrogens is 1. The van der Waals surface area contributed by atoms with Crippen molar-refractivity contribution < 1.29 is 13.6 Å². The van der Waals surface area contributed by atoms with Crippen LogP contribution >= 0.6 is 27.5 Å². The van der Waals surface area contributed by atoms with Crippen LogP contribution in [0.4, 0.5) is 14.5 Å². The van der Waals surface area contributed by atoms with Crippen LogP contribution in [0, 0.1) is 11.6 Å². The molecule has 4 nitrogen and oxygen atoms in total. The topological polar surface area (TPSA) is 54.4 Å². The number of aliphatic imine (C=N–C) groups is 1. The molecule has 0 saturated carbocycles. The molecular weight excluding hydrogens is 392 g/mol. The summed E-state index contributed by atoms with van der Waals surface area (Å²) < 4.78 is 27.7. The van der Waals surface area contributed by atoms with Gasteiger partial charge in [0, 0.05) is 23.0 Å². The van der Waals surface area contributed by atoms with Crippen LogP contribution in [-0.4, -0.2) is 16.6 Å². The number of fused-ring (bicyclic) bond motifs is 1. The first-order valence-corrected chi connectivity index (χ1v) is 7.76. The Bertz CT molecular complexity index is 818. The van der Waals surface area contributed by atoms with Crippen LogP contribution in [0.2, 0.25) is 5.15 Å². The van der Waals surface area contributed by atoms with Crippen molar-refractivity contribution in [2.24, 2.45) is 4.99 Å². The Hall–Kier alpha value is -1.86. The van der Waals surface area contributed by atoms with Crippen molar-refractivity contribution >= 4 is 44.8 Å². The maximum Gasteiger partial charge on any atom is 0.266 e. The minimum Gasteiger partial charge on any atom is -0.347 e. The van der Waals surface area contributed by atoms with Crippen LogP contribution in [0.25, 0.3) is 0 Å². The van der Waals surface area contributed by atoms with E-state index < -0.39 is 17.5 Å². The van der Waals surface area contributed by atoms with Gasteiger partial charge < -0.3 is 5.32 Å². The fourth-order valence-electron chi connectivity index (χ4n) is 2.19. The normalized spacial score (nSPS) is 12.8. The molecule has 0 bridgehead atoms. The average Bonchev–Trinajstić information content (AvgIpc) is 2.88. The third-order valence-corrected chi connectivity index (χ3v) is 3.97. The van der Waals surface area contributed by atoms with E-state index in [1.165, 1.54) is 0 Å². The molecule has 2 heterocycles. The lowest BCUT2D eigenvalue weighted by atomic mass is 10.2. The maximum absolute atomic E-state index is 13.7. The second-order valence-electron chi connectivity index (χ2n) is 4.87. The lowest BCUT2D eigenvalue weighted by Crippen LogP contribution is -2.31. The standard InChI is InChI=1S/C15H9BrClF2N3O/c16-7-3-9(18)8(10(19)4-7)6-20-15(23)13-5-12-11(21-13)1-2-14(17)22-12/h1-4H,5-6H2,(H,20,23). The zero-order valence-electron chi connectivity index (χ0n) is 11.5. The molecule has 0 radical (unpaired) electrons. The Kier molecular flexibility index (Phi) is 4.41. The molecule has 1 aliphatic rings. The van der Waals surface area contributed by atoms with Crippen molar-refractivity contribution in [2.45, 2.75) is 13.0 Å². The van der Waals surface area contributed by atoms with E-state index in [-0.39, 0.29) is 24.2 Å². The molecule has 2 aromatic rings. The van der Waals surface area contributed by atoms with Gasteiger partial charge in [-0.1, -0.05) is 27.5 Å². The minimum absolute atomic E-state index is 0.209. The molecular formula is C15H9BrClF2N3O. The number of rotatable bonds is 3. The number of hydrogen-bond acceptors (Lipinski definition) is 3. The highest BCUT2D eigenvalue weighted by atomic mass is 79.9. The minimum atomic E-state index is -0.734. The number of nitrogens with one attached hydrogen (secondary N) is 1. The van der Waals surface area contributed by atoms with E-state index in [0.717, 1.165) is 12.1 Å². The monoisotopic (exact) mass is 399 g/mol. The smallest absolute Gasteiger partial charge is 0.266 e. The van der Waals surface area contributed by atoms with Crippen molar-refractivity contribution in [3.8, 4) is 0 Å². The van der Waals surface area contributed by atoms with Gasteiger partial charge in [0.1, 0.15) is 22.5 Å². The zero-order chi connectivity index (χ0) is 16.6. The molecule has 0 spiro atoms. The molecule has 1 aromatic heterocycles. The quantitative estimate of drug-likeness (QED) is 0.799. The van der Waals surface area contributed by atoms with Gasteiger partial charge in [-0.2, -0.15) is 0 Å². The number of amides is 1. The summed E-state index contributed by atoms with van der Waals surface area (Å²) in [5.74, 6) is -1.97. The fraction of sp³-hybridized carbons (Fsp3) is 0.133. The zero-order valence-corrected chi connectivity index (χ0v) is 13.9. The highest BCUT2D eigenvalue weighted by molar-refractivity contribution is 9.10. The molecule has 23 heavy (non-hydrogen) atoms. The molecule has 1 aliphatic heterocycles. The van der Waals surface area contributed by atoms with Crippen LogP contribution in [-0.2, 0) is 17.8 Å². The lowest BCUT2D eigenvalue weighted by Gasteiger charge is -2.07. The molecule has 3 rings (SSSR count). The Labute approximate surface area is 143 Å². The second kappa shape index (κ2) is 6.33. The molecule has 1 amide bonds. The number of hydrogen-bond donors (Lipinski definition) is 1. The fourth-order valence-corrected chi connectivity index (χ4v) is 2.75. The Morgan fingerprint density at radius 2 is 2.00 bits per heavy atom. The SMILES string of the molecule is O=C(NCc1c(F)cc(Br)cc1F)C1=Nc2ccc(Cl)nc2C1. The molecule has 118 valence electrons. The summed E-state index contributed by atoms with van der Waals surface area (Å²) in [4.78, 5) is 20.3. The molecule has 0 fully saturated rings. The molecule has 1 N–H and O–H groups in total. The van der Waals surface area contributed by atoms with E-state index in [9.17, 15) is 13.6 Å². The summed E-state index contributed by atoms with van der Waals surface area (Å²) in [7, 11) is 0. The molecule has 0 aliphatic carbocycles. The highest BCUT2D eigenvalue weighted by Gasteiger charge is 2.22. The van der Waals surface area contributed by atoms with Crippen LogP contribution in [0.1, 0.15) is 11.3 Å². The summed E-state index contributed by atoms with van der Waals surface area (Å²) in [5, 5.41) is 2.78. The van der Waals surface area contributed by atoms with Crippen molar-refractivity contribution in [2.75, 3.05) is 0 Å². The summed E-state index contributed by atoms with van der Waals surface area (Å²) in [6.45, 7) is -0.271. The molecule has 0 atom stereocenters. The summed E-state index contributed by atoms with van der Waals surface area (Å²) in [6.07, 6.45) is 0.229. The van der Waals surface area contributed by atoms with Gasteiger partial charge in [-0.3, -0.25) is 4.79 Å². The summed E-state index contributed by atoms with van der Waals surface area (Å²) >= 11 is 8.79. The van der Waals surface area contributed by atoms with Crippen LogP contribution in [0.5, 0.6) is 0 Å². The number of carbonyl (C=O) groups excluding carboxylic acids is 1. The van der Waals surface area contributed by atoms with Crippen molar-refractivity contribution in [1.29, 1.82) is 0 Å².